The van der Waals surface area contributed by atoms with Crippen molar-refractivity contribution in [3.63, 3.8) is 0 Å². The van der Waals surface area contributed by atoms with Crippen LogP contribution in [0.15, 0.2) is 18.2 Å². The maximum atomic E-state index is 11.8. The van der Waals surface area contributed by atoms with E-state index < -0.39 is 0 Å². The molecule has 1 amide bonds. The van der Waals surface area contributed by atoms with Gasteiger partial charge in [0.05, 0.1) is 20.3 Å². The van der Waals surface area contributed by atoms with Gasteiger partial charge in [0.15, 0.2) is 11.5 Å². The molecule has 0 radical (unpaired) electrons. The van der Waals surface area contributed by atoms with E-state index in [-0.39, 0.29) is 12.0 Å². The minimum absolute atomic E-state index is 0.0558. The van der Waals surface area contributed by atoms with E-state index in [0.29, 0.717) is 30.9 Å². The van der Waals surface area contributed by atoms with Crippen molar-refractivity contribution < 1.29 is 19.0 Å². The Kier molecular flexibility index (Phi) is 5.87. The van der Waals surface area contributed by atoms with Gasteiger partial charge in [-0.1, -0.05) is 6.07 Å². The molecule has 1 saturated heterocycles. The van der Waals surface area contributed by atoms with Gasteiger partial charge >= 0.3 is 0 Å². The molecule has 1 unspecified atom stereocenters. The molecule has 5 heteroatoms. The summed E-state index contributed by atoms with van der Waals surface area (Å²) < 4.78 is 15.9. The Morgan fingerprint density at radius 3 is 2.81 bits per heavy atom. The normalized spacial score (nSPS) is 17.5. The summed E-state index contributed by atoms with van der Waals surface area (Å²) in [4.78, 5) is 11.8. The first-order chi connectivity index (χ1) is 10.2. The van der Waals surface area contributed by atoms with E-state index >= 15 is 0 Å². The van der Waals surface area contributed by atoms with Crippen LogP contribution in [0, 0.1) is 0 Å². The molecular formula is C16H23NO4. The highest BCUT2D eigenvalue weighted by Crippen LogP contribution is 2.27. The van der Waals surface area contributed by atoms with E-state index in [0.717, 1.165) is 25.0 Å². The van der Waals surface area contributed by atoms with E-state index in [4.69, 9.17) is 14.2 Å². The van der Waals surface area contributed by atoms with Crippen molar-refractivity contribution in [3.8, 4) is 11.5 Å². The van der Waals surface area contributed by atoms with Gasteiger partial charge in [0.2, 0.25) is 5.91 Å². The zero-order valence-corrected chi connectivity index (χ0v) is 12.7. The highest BCUT2D eigenvalue weighted by atomic mass is 16.5. The number of methoxy groups -OCH3 is 2. The second kappa shape index (κ2) is 7.88. The van der Waals surface area contributed by atoms with Gasteiger partial charge in [-0.05, 0) is 37.0 Å². The van der Waals surface area contributed by atoms with Crippen LogP contribution in [0.25, 0.3) is 0 Å². The lowest BCUT2D eigenvalue weighted by molar-refractivity contribution is -0.121. The number of carbonyl (C=O) groups excluding carboxylic acids is 1. The molecule has 0 bridgehead atoms. The predicted octanol–water partition coefficient (Wildman–Crippen LogP) is 1.93. The fraction of sp³-hybridized carbons (Fsp3) is 0.562. The van der Waals surface area contributed by atoms with Gasteiger partial charge in [-0.2, -0.15) is 0 Å². The third-order valence-electron chi connectivity index (χ3n) is 3.64. The smallest absolute Gasteiger partial charge is 0.220 e. The summed E-state index contributed by atoms with van der Waals surface area (Å²) in [6.45, 7) is 1.43. The Morgan fingerprint density at radius 1 is 1.33 bits per heavy atom. The van der Waals surface area contributed by atoms with Crippen LogP contribution in [-0.4, -0.2) is 39.4 Å². The van der Waals surface area contributed by atoms with Crippen molar-refractivity contribution in [1.29, 1.82) is 0 Å². The molecule has 21 heavy (non-hydrogen) atoms. The van der Waals surface area contributed by atoms with Gasteiger partial charge < -0.3 is 19.5 Å². The fourth-order valence-corrected chi connectivity index (χ4v) is 2.42. The van der Waals surface area contributed by atoms with E-state index in [1.807, 2.05) is 18.2 Å². The van der Waals surface area contributed by atoms with Gasteiger partial charge in [0, 0.05) is 19.6 Å². The molecule has 0 aromatic heterocycles. The summed E-state index contributed by atoms with van der Waals surface area (Å²) in [6.07, 6.45) is 3.46. The summed E-state index contributed by atoms with van der Waals surface area (Å²) in [5.74, 6) is 1.44. The monoisotopic (exact) mass is 293 g/mol. The minimum Gasteiger partial charge on any atom is -0.493 e. The topological polar surface area (TPSA) is 56.8 Å². The van der Waals surface area contributed by atoms with Crippen LogP contribution in [-0.2, 0) is 16.0 Å². The number of amides is 1. The Bertz CT molecular complexity index is 469. The molecule has 0 aliphatic carbocycles. The fourth-order valence-electron chi connectivity index (χ4n) is 2.42. The Balaban J connectivity index is 1.77. The Labute approximate surface area is 125 Å². The van der Waals surface area contributed by atoms with Gasteiger partial charge in [0.1, 0.15) is 0 Å². The van der Waals surface area contributed by atoms with Crippen molar-refractivity contribution in [2.45, 2.75) is 31.8 Å². The van der Waals surface area contributed by atoms with Crippen molar-refractivity contribution in [2.75, 3.05) is 27.4 Å². The molecule has 116 valence electrons. The molecule has 1 atom stereocenters. The molecule has 1 N–H and O–H groups in total. The summed E-state index contributed by atoms with van der Waals surface area (Å²) >= 11 is 0. The van der Waals surface area contributed by atoms with Crippen molar-refractivity contribution in [2.24, 2.45) is 0 Å². The van der Waals surface area contributed by atoms with Crippen LogP contribution in [0.2, 0.25) is 0 Å². The number of carbonyl (C=O) groups is 1. The molecule has 5 nitrogen and oxygen atoms in total. The van der Waals surface area contributed by atoms with Crippen LogP contribution in [0.5, 0.6) is 11.5 Å². The van der Waals surface area contributed by atoms with Crippen LogP contribution < -0.4 is 14.8 Å². The largest absolute Gasteiger partial charge is 0.493 e. The number of rotatable bonds is 7. The molecule has 0 saturated carbocycles. The van der Waals surface area contributed by atoms with Crippen LogP contribution >= 0.6 is 0 Å². The average molecular weight is 293 g/mol. The quantitative estimate of drug-likeness (QED) is 0.834. The lowest BCUT2D eigenvalue weighted by atomic mass is 10.1. The lowest BCUT2D eigenvalue weighted by Crippen LogP contribution is -2.31. The first kappa shape index (κ1) is 15.6. The van der Waals surface area contributed by atoms with Crippen molar-refractivity contribution in [1.82, 2.24) is 5.32 Å². The summed E-state index contributed by atoms with van der Waals surface area (Å²) in [7, 11) is 3.21. The first-order valence-corrected chi connectivity index (χ1v) is 7.32. The summed E-state index contributed by atoms with van der Waals surface area (Å²) in [6, 6.07) is 5.72. The van der Waals surface area contributed by atoms with E-state index in [1.165, 1.54) is 0 Å². The first-order valence-electron chi connectivity index (χ1n) is 7.32. The van der Waals surface area contributed by atoms with Gasteiger partial charge in [-0.25, -0.2) is 0 Å². The second-order valence-corrected chi connectivity index (χ2v) is 5.13. The Morgan fingerprint density at radius 2 is 2.14 bits per heavy atom. The van der Waals surface area contributed by atoms with Crippen molar-refractivity contribution in [3.05, 3.63) is 23.8 Å². The molecule has 1 fully saturated rings. The lowest BCUT2D eigenvalue weighted by Gasteiger charge is -2.11. The van der Waals surface area contributed by atoms with Gasteiger partial charge in [-0.3, -0.25) is 4.79 Å². The summed E-state index contributed by atoms with van der Waals surface area (Å²) in [5, 5.41) is 2.93. The van der Waals surface area contributed by atoms with Crippen LogP contribution in [0.4, 0.5) is 0 Å². The second-order valence-electron chi connectivity index (χ2n) is 5.13. The Hall–Kier alpha value is -1.75. The highest BCUT2D eigenvalue weighted by molar-refractivity contribution is 5.76. The zero-order valence-electron chi connectivity index (χ0n) is 12.7. The standard InChI is InChI=1S/C16H23NO4/c1-19-14-7-5-12(10-15(14)20-2)6-8-16(18)17-11-13-4-3-9-21-13/h5,7,10,13H,3-4,6,8-9,11H2,1-2H3,(H,17,18). The number of hydrogen-bond donors (Lipinski definition) is 1. The van der Waals surface area contributed by atoms with Gasteiger partial charge in [0.25, 0.3) is 0 Å². The molecule has 1 aromatic carbocycles. The van der Waals surface area contributed by atoms with Gasteiger partial charge in [-0.15, -0.1) is 0 Å². The number of hydrogen-bond acceptors (Lipinski definition) is 4. The number of ether oxygens (including phenoxy) is 3. The van der Waals surface area contributed by atoms with Crippen LogP contribution in [0.3, 0.4) is 0 Å². The third-order valence-corrected chi connectivity index (χ3v) is 3.64. The average Bonchev–Trinajstić information content (AvgIpc) is 3.04. The molecule has 1 heterocycles. The van der Waals surface area contributed by atoms with E-state index in [1.54, 1.807) is 14.2 Å². The van der Waals surface area contributed by atoms with Crippen LogP contribution in [0.1, 0.15) is 24.8 Å². The molecule has 1 aliphatic heterocycles. The number of nitrogens with one attached hydrogen (secondary N) is 1. The van der Waals surface area contributed by atoms with E-state index in [2.05, 4.69) is 5.32 Å². The molecule has 0 spiro atoms. The number of benzene rings is 1. The molecular weight excluding hydrogens is 270 g/mol. The maximum absolute atomic E-state index is 11.8. The molecule has 2 rings (SSSR count). The predicted molar refractivity (Wildman–Crippen MR) is 79.9 cm³/mol. The SMILES string of the molecule is COc1ccc(CCC(=O)NCC2CCCO2)cc1OC. The highest BCUT2D eigenvalue weighted by Gasteiger charge is 2.16. The molecule has 1 aromatic rings. The minimum atomic E-state index is 0.0558. The zero-order chi connectivity index (χ0) is 15.1. The maximum Gasteiger partial charge on any atom is 0.220 e. The van der Waals surface area contributed by atoms with E-state index in [9.17, 15) is 4.79 Å². The number of aryl methyl sites for hydroxylation is 1. The van der Waals surface area contributed by atoms with Crippen molar-refractivity contribution >= 4 is 5.91 Å². The molecule has 1 aliphatic rings. The summed E-state index contributed by atoms with van der Waals surface area (Å²) in [5.41, 5.74) is 1.06. The third kappa shape index (κ3) is 4.63.